The van der Waals surface area contributed by atoms with Crippen LogP contribution in [-0.2, 0) is 11.3 Å². The molecule has 2 aliphatic rings. The van der Waals surface area contributed by atoms with Crippen molar-refractivity contribution in [3.63, 3.8) is 0 Å². The lowest BCUT2D eigenvalue weighted by Crippen LogP contribution is -2.45. The van der Waals surface area contributed by atoms with Gasteiger partial charge in [-0.2, -0.15) is 0 Å². The SMILES string of the molecule is CC1CN(c2ccc(CNC(=O)NC3CCCC3)cc2F)CC(C)O1. The number of carbonyl (C=O) groups excluding carboxylic acids is 1. The van der Waals surface area contributed by atoms with Gasteiger partial charge in [0.05, 0.1) is 17.9 Å². The Hall–Kier alpha value is -1.82. The van der Waals surface area contributed by atoms with Gasteiger partial charge in [0.25, 0.3) is 0 Å². The number of hydrogen-bond donors (Lipinski definition) is 2. The van der Waals surface area contributed by atoms with Gasteiger partial charge in [-0.3, -0.25) is 0 Å². The van der Waals surface area contributed by atoms with E-state index < -0.39 is 0 Å². The zero-order chi connectivity index (χ0) is 17.8. The largest absolute Gasteiger partial charge is 0.372 e. The Bertz CT molecular complexity index is 594. The number of morpholine rings is 1. The third-order valence-electron chi connectivity index (χ3n) is 4.92. The summed E-state index contributed by atoms with van der Waals surface area (Å²) in [7, 11) is 0. The number of hydrogen-bond acceptors (Lipinski definition) is 3. The van der Waals surface area contributed by atoms with Gasteiger partial charge in [-0.25, -0.2) is 9.18 Å². The zero-order valence-corrected chi connectivity index (χ0v) is 15.1. The molecule has 2 atom stereocenters. The summed E-state index contributed by atoms with van der Waals surface area (Å²) in [6.45, 7) is 5.70. The van der Waals surface area contributed by atoms with Crippen molar-refractivity contribution >= 4 is 11.7 Å². The van der Waals surface area contributed by atoms with Gasteiger partial charge >= 0.3 is 6.03 Å². The maximum absolute atomic E-state index is 14.5. The average molecular weight is 349 g/mol. The first-order chi connectivity index (χ1) is 12.0. The van der Waals surface area contributed by atoms with Gasteiger partial charge in [0, 0.05) is 25.7 Å². The molecule has 1 heterocycles. The highest BCUT2D eigenvalue weighted by molar-refractivity contribution is 5.74. The highest BCUT2D eigenvalue weighted by atomic mass is 19.1. The molecule has 2 unspecified atom stereocenters. The third kappa shape index (κ3) is 4.84. The number of nitrogens with zero attached hydrogens (tertiary/aromatic N) is 1. The van der Waals surface area contributed by atoms with E-state index in [9.17, 15) is 9.18 Å². The second-order valence-electron chi connectivity index (χ2n) is 7.26. The molecule has 2 fully saturated rings. The zero-order valence-electron chi connectivity index (χ0n) is 15.1. The Morgan fingerprint density at radius 2 is 1.92 bits per heavy atom. The maximum atomic E-state index is 14.5. The Labute approximate surface area is 148 Å². The molecule has 138 valence electrons. The molecule has 6 heteroatoms. The molecule has 1 aliphatic heterocycles. The highest BCUT2D eigenvalue weighted by Crippen LogP contribution is 2.24. The molecule has 1 aromatic rings. The monoisotopic (exact) mass is 349 g/mol. The van der Waals surface area contributed by atoms with E-state index in [1.165, 1.54) is 18.9 Å². The van der Waals surface area contributed by atoms with E-state index in [-0.39, 0.29) is 30.1 Å². The summed E-state index contributed by atoms with van der Waals surface area (Å²) in [5.41, 5.74) is 1.36. The van der Waals surface area contributed by atoms with Gasteiger partial charge in [0.2, 0.25) is 0 Å². The molecule has 0 spiro atoms. The molecule has 1 aliphatic carbocycles. The number of ether oxygens (including phenoxy) is 1. The summed E-state index contributed by atoms with van der Waals surface area (Å²) in [4.78, 5) is 13.9. The third-order valence-corrected chi connectivity index (χ3v) is 4.92. The molecule has 1 saturated heterocycles. The predicted molar refractivity (Wildman–Crippen MR) is 96.2 cm³/mol. The lowest BCUT2D eigenvalue weighted by atomic mass is 10.1. The molecule has 5 nitrogen and oxygen atoms in total. The van der Waals surface area contributed by atoms with E-state index in [2.05, 4.69) is 10.6 Å². The van der Waals surface area contributed by atoms with Crippen LogP contribution in [-0.4, -0.2) is 37.4 Å². The summed E-state index contributed by atoms with van der Waals surface area (Å²) in [6, 6.07) is 5.29. The molecule has 0 bridgehead atoms. The molecule has 0 aromatic heterocycles. The van der Waals surface area contributed by atoms with Crippen LogP contribution in [0.25, 0.3) is 0 Å². The Morgan fingerprint density at radius 1 is 1.24 bits per heavy atom. The first-order valence-electron chi connectivity index (χ1n) is 9.24. The second-order valence-corrected chi connectivity index (χ2v) is 7.26. The number of amides is 2. The number of carbonyl (C=O) groups is 1. The van der Waals surface area contributed by atoms with Crippen LogP contribution in [0.1, 0.15) is 45.1 Å². The van der Waals surface area contributed by atoms with E-state index in [0.717, 1.165) is 18.4 Å². The molecule has 2 N–H and O–H groups in total. The van der Waals surface area contributed by atoms with Crippen molar-refractivity contribution in [1.29, 1.82) is 0 Å². The quantitative estimate of drug-likeness (QED) is 0.878. The number of urea groups is 1. The number of benzene rings is 1. The summed E-state index contributed by atoms with van der Waals surface area (Å²) in [5.74, 6) is -0.253. The van der Waals surface area contributed by atoms with Crippen molar-refractivity contribution in [2.45, 2.75) is 64.3 Å². The van der Waals surface area contributed by atoms with Gasteiger partial charge in [-0.1, -0.05) is 18.9 Å². The lowest BCUT2D eigenvalue weighted by Gasteiger charge is -2.37. The fraction of sp³-hybridized carbons (Fsp3) is 0.632. The number of halogens is 1. The second kappa shape index (κ2) is 8.04. The van der Waals surface area contributed by atoms with Crippen molar-refractivity contribution < 1.29 is 13.9 Å². The molecule has 1 aromatic carbocycles. The minimum absolute atomic E-state index is 0.0868. The van der Waals surface area contributed by atoms with Crippen molar-refractivity contribution in [2.24, 2.45) is 0 Å². The first kappa shape index (κ1) is 18.0. The van der Waals surface area contributed by atoms with E-state index in [1.54, 1.807) is 6.07 Å². The Kier molecular flexibility index (Phi) is 5.78. The minimum Gasteiger partial charge on any atom is -0.372 e. The lowest BCUT2D eigenvalue weighted by molar-refractivity contribution is -0.00539. The van der Waals surface area contributed by atoms with E-state index in [1.807, 2.05) is 24.8 Å². The van der Waals surface area contributed by atoms with Crippen LogP contribution in [0.5, 0.6) is 0 Å². The van der Waals surface area contributed by atoms with Crippen LogP contribution in [0.4, 0.5) is 14.9 Å². The molecule has 1 saturated carbocycles. The van der Waals surface area contributed by atoms with Crippen molar-refractivity contribution in [3.8, 4) is 0 Å². The van der Waals surface area contributed by atoms with Crippen LogP contribution in [0, 0.1) is 5.82 Å². The fourth-order valence-corrected chi connectivity index (χ4v) is 3.78. The summed E-state index contributed by atoms with van der Waals surface area (Å²) >= 11 is 0. The molecule has 25 heavy (non-hydrogen) atoms. The predicted octanol–water partition coefficient (Wildman–Crippen LogP) is 3.18. The number of rotatable bonds is 4. The standard InChI is InChI=1S/C19H28FN3O2/c1-13-11-23(12-14(2)25-13)18-8-7-15(9-17(18)20)10-21-19(24)22-16-5-3-4-6-16/h7-9,13-14,16H,3-6,10-12H2,1-2H3,(H2,21,22,24). The topological polar surface area (TPSA) is 53.6 Å². The van der Waals surface area contributed by atoms with Gasteiger partial charge in [0.1, 0.15) is 5.82 Å². The van der Waals surface area contributed by atoms with E-state index in [4.69, 9.17) is 4.74 Å². The normalized spacial score (nSPS) is 24.4. The van der Waals surface area contributed by atoms with Crippen molar-refractivity contribution in [1.82, 2.24) is 10.6 Å². The molecular weight excluding hydrogens is 321 g/mol. The molecular formula is C19H28FN3O2. The van der Waals surface area contributed by atoms with Crippen LogP contribution in [0.2, 0.25) is 0 Å². The van der Waals surface area contributed by atoms with Gasteiger partial charge in [-0.05, 0) is 44.4 Å². The molecule has 0 radical (unpaired) electrons. The van der Waals surface area contributed by atoms with Crippen LogP contribution in [0.3, 0.4) is 0 Å². The van der Waals surface area contributed by atoms with Gasteiger partial charge in [-0.15, -0.1) is 0 Å². The maximum Gasteiger partial charge on any atom is 0.315 e. The van der Waals surface area contributed by atoms with Crippen molar-refractivity contribution in [2.75, 3.05) is 18.0 Å². The molecule has 2 amide bonds. The van der Waals surface area contributed by atoms with Crippen LogP contribution < -0.4 is 15.5 Å². The van der Waals surface area contributed by atoms with E-state index >= 15 is 0 Å². The van der Waals surface area contributed by atoms with Crippen LogP contribution >= 0.6 is 0 Å². The average Bonchev–Trinajstić information content (AvgIpc) is 3.05. The smallest absolute Gasteiger partial charge is 0.315 e. The Balaban J connectivity index is 1.55. The van der Waals surface area contributed by atoms with Crippen molar-refractivity contribution in [3.05, 3.63) is 29.6 Å². The summed E-state index contributed by atoms with van der Waals surface area (Å²) in [6.07, 6.45) is 4.63. The molecule has 3 rings (SSSR count). The van der Waals surface area contributed by atoms with Gasteiger partial charge < -0.3 is 20.3 Å². The summed E-state index contributed by atoms with van der Waals surface area (Å²) < 4.78 is 20.2. The van der Waals surface area contributed by atoms with Crippen LogP contribution in [0.15, 0.2) is 18.2 Å². The number of nitrogens with one attached hydrogen (secondary N) is 2. The highest BCUT2D eigenvalue weighted by Gasteiger charge is 2.24. The fourth-order valence-electron chi connectivity index (χ4n) is 3.78. The number of anilines is 1. The van der Waals surface area contributed by atoms with E-state index in [0.29, 0.717) is 25.3 Å². The van der Waals surface area contributed by atoms with Gasteiger partial charge in [0.15, 0.2) is 0 Å². The minimum atomic E-state index is -0.253. The first-order valence-corrected chi connectivity index (χ1v) is 9.24. The Morgan fingerprint density at radius 3 is 2.56 bits per heavy atom. The summed E-state index contributed by atoms with van der Waals surface area (Å²) in [5, 5.41) is 5.79.